The number of rotatable bonds is 1. The molecule has 19 heavy (non-hydrogen) atoms. The van der Waals surface area contributed by atoms with Gasteiger partial charge in [0.2, 0.25) is 0 Å². The predicted octanol–water partition coefficient (Wildman–Crippen LogP) is 3.49. The molecule has 0 amide bonds. The van der Waals surface area contributed by atoms with Crippen LogP contribution in [0.4, 0.5) is 4.39 Å². The summed E-state index contributed by atoms with van der Waals surface area (Å²) in [5, 5.41) is 1.22. The molecule has 0 spiro atoms. The fourth-order valence-electron chi connectivity index (χ4n) is 1.99. The van der Waals surface area contributed by atoms with E-state index in [1.165, 1.54) is 12.3 Å². The van der Waals surface area contributed by atoms with Crippen LogP contribution in [-0.2, 0) is 0 Å². The number of nitrogens with one attached hydrogen (secondary N) is 1. The van der Waals surface area contributed by atoms with E-state index >= 15 is 0 Å². The molecule has 1 aromatic heterocycles. The number of hydrogen-bond acceptors (Lipinski definition) is 2. The van der Waals surface area contributed by atoms with Gasteiger partial charge in [-0.3, -0.25) is 4.79 Å². The minimum absolute atomic E-state index is 0.265. The van der Waals surface area contributed by atoms with Crippen LogP contribution >= 0.6 is 15.9 Å². The van der Waals surface area contributed by atoms with Crippen LogP contribution < -0.4 is 5.56 Å². The second-order valence-electron chi connectivity index (χ2n) is 4.05. The highest BCUT2D eigenvalue weighted by Gasteiger charge is 2.09. The van der Waals surface area contributed by atoms with E-state index in [0.29, 0.717) is 26.6 Å². The van der Waals surface area contributed by atoms with Crippen LogP contribution in [0.2, 0.25) is 0 Å². The van der Waals surface area contributed by atoms with E-state index in [0.717, 1.165) is 0 Å². The maximum atomic E-state index is 13.7. The highest BCUT2D eigenvalue weighted by atomic mass is 79.9. The summed E-state index contributed by atoms with van der Waals surface area (Å²) in [5.41, 5.74) is 0.431. The fraction of sp³-hybridized carbons (Fsp3) is 0. The van der Waals surface area contributed by atoms with Crippen molar-refractivity contribution in [3.8, 4) is 11.4 Å². The monoisotopic (exact) mass is 318 g/mol. The van der Waals surface area contributed by atoms with Crippen molar-refractivity contribution in [2.24, 2.45) is 0 Å². The molecule has 0 aliphatic carbocycles. The first kappa shape index (κ1) is 12.0. The SMILES string of the molecule is O=c1[nH]c(-c2ccc(F)c3ccccc23)ncc1Br. The third kappa shape index (κ3) is 2.06. The third-order valence-corrected chi connectivity index (χ3v) is 3.45. The minimum Gasteiger partial charge on any atom is -0.306 e. The lowest BCUT2D eigenvalue weighted by atomic mass is 10.0. The van der Waals surface area contributed by atoms with Gasteiger partial charge >= 0.3 is 0 Å². The van der Waals surface area contributed by atoms with Crippen molar-refractivity contribution in [1.82, 2.24) is 9.97 Å². The van der Waals surface area contributed by atoms with E-state index in [-0.39, 0.29) is 11.4 Å². The largest absolute Gasteiger partial charge is 0.306 e. The molecular weight excluding hydrogens is 311 g/mol. The van der Waals surface area contributed by atoms with Crippen molar-refractivity contribution in [2.45, 2.75) is 0 Å². The van der Waals surface area contributed by atoms with E-state index < -0.39 is 0 Å². The molecule has 5 heteroatoms. The molecule has 1 N–H and O–H groups in total. The van der Waals surface area contributed by atoms with Gasteiger partial charge in [-0.05, 0) is 33.4 Å². The second kappa shape index (κ2) is 4.59. The zero-order chi connectivity index (χ0) is 13.4. The van der Waals surface area contributed by atoms with Gasteiger partial charge in [0, 0.05) is 17.1 Å². The first-order chi connectivity index (χ1) is 9.16. The number of aromatic nitrogens is 2. The van der Waals surface area contributed by atoms with Gasteiger partial charge < -0.3 is 4.98 Å². The number of benzene rings is 2. The van der Waals surface area contributed by atoms with Crippen LogP contribution in [0.1, 0.15) is 0 Å². The van der Waals surface area contributed by atoms with E-state index in [2.05, 4.69) is 25.9 Å². The Morgan fingerprint density at radius 1 is 1.11 bits per heavy atom. The van der Waals surface area contributed by atoms with Gasteiger partial charge in [-0.15, -0.1) is 0 Å². The second-order valence-corrected chi connectivity index (χ2v) is 4.90. The fourth-order valence-corrected chi connectivity index (χ4v) is 2.19. The van der Waals surface area contributed by atoms with Crippen molar-refractivity contribution >= 4 is 26.7 Å². The van der Waals surface area contributed by atoms with Crippen LogP contribution in [-0.4, -0.2) is 9.97 Å². The summed E-state index contributed by atoms with van der Waals surface area (Å²) < 4.78 is 14.1. The molecule has 1 heterocycles. The van der Waals surface area contributed by atoms with Crippen molar-refractivity contribution < 1.29 is 4.39 Å². The molecule has 2 aromatic carbocycles. The number of hydrogen-bond donors (Lipinski definition) is 1. The molecule has 3 rings (SSSR count). The van der Waals surface area contributed by atoms with Gasteiger partial charge in [-0.2, -0.15) is 0 Å². The van der Waals surface area contributed by atoms with Crippen LogP contribution in [0.3, 0.4) is 0 Å². The van der Waals surface area contributed by atoms with Crippen LogP contribution in [0.25, 0.3) is 22.2 Å². The van der Waals surface area contributed by atoms with Gasteiger partial charge in [0.15, 0.2) is 0 Å². The van der Waals surface area contributed by atoms with Crippen molar-refractivity contribution in [3.63, 3.8) is 0 Å². The number of nitrogens with zero attached hydrogens (tertiary/aromatic N) is 1. The Morgan fingerprint density at radius 3 is 2.58 bits per heavy atom. The maximum absolute atomic E-state index is 13.7. The molecule has 3 aromatic rings. The molecule has 3 nitrogen and oxygen atoms in total. The smallest absolute Gasteiger partial charge is 0.265 e. The Hall–Kier alpha value is -2.01. The molecule has 0 fully saturated rings. The average Bonchev–Trinajstić information content (AvgIpc) is 2.43. The summed E-state index contributed by atoms with van der Waals surface area (Å²) in [4.78, 5) is 18.4. The highest BCUT2D eigenvalue weighted by Crippen LogP contribution is 2.27. The summed E-state index contributed by atoms with van der Waals surface area (Å²) in [5.74, 6) is 0.128. The van der Waals surface area contributed by atoms with E-state index in [1.54, 1.807) is 24.3 Å². The molecule has 0 atom stereocenters. The summed E-state index contributed by atoms with van der Waals surface area (Å²) in [7, 11) is 0. The van der Waals surface area contributed by atoms with E-state index in [9.17, 15) is 9.18 Å². The molecule has 0 aliphatic rings. The summed E-state index contributed by atoms with van der Waals surface area (Å²) >= 11 is 3.10. The van der Waals surface area contributed by atoms with Gasteiger partial charge in [0.1, 0.15) is 16.1 Å². The lowest BCUT2D eigenvalue weighted by Crippen LogP contribution is -2.09. The van der Waals surface area contributed by atoms with Crippen molar-refractivity contribution in [2.75, 3.05) is 0 Å². The summed E-state index contributed by atoms with van der Waals surface area (Å²) in [6.07, 6.45) is 1.44. The zero-order valence-corrected chi connectivity index (χ0v) is 11.2. The standard InChI is InChI=1S/C14H8BrFN2O/c15-11-7-17-13(18-14(11)19)10-5-6-12(16)9-4-2-1-3-8(9)10/h1-7H,(H,17,18,19). The van der Waals surface area contributed by atoms with Gasteiger partial charge in [0.25, 0.3) is 5.56 Å². The molecule has 0 bridgehead atoms. The molecule has 0 unspecified atom stereocenters. The highest BCUT2D eigenvalue weighted by molar-refractivity contribution is 9.10. The molecule has 0 aliphatic heterocycles. The lowest BCUT2D eigenvalue weighted by molar-refractivity contribution is 0.640. The molecule has 0 radical (unpaired) electrons. The van der Waals surface area contributed by atoms with Gasteiger partial charge in [0.05, 0.1) is 0 Å². The van der Waals surface area contributed by atoms with Gasteiger partial charge in [-0.25, -0.2) is 9.37 Å². The number of halogens is 2. The molecule has 94 valence electrons. The topological polar surface area (TPSA) is 45.8 Å². The number of aromatic amines is 1. The van der Waals surface area contributed by atoms with Crippen molar-refractivity contribution in [3.05, 3.63) is 63.2 Å². The van der Waals surface area contributed by atoms with Crippen LogP contribution in [0.5, 0.6) is 0 Å². The summed E-state index contributed by atoms with van der Waals surface area (Å²) in [6, 6.07) is 10.1. The predicted molar refractivity (Wildman–Crippen MR) is 75.5 cm³/mol. The zero-order valence-electron chi connectivity index (χ0n) is 9.65. The van der Waals surface area contributed by atoms with Crippen molar-refractivity contribution in [1.29, 1.82) is 0 Å². The van der Waals surface area contributed by atoms with E-state index in [4.69, 9.17) is 0 Å². The van der Waals surface area contributed by atoms with Crippen LogP contribution in [0.15, 0.2) is 51.9 Å². The Morgan fingerprint density at radius 2 is 1.84 bits per heavy atom. The molecule has 0 saturated carbocycles. The first-order valence-electron chi connectivity index (χ1n) is 5.59. The summed E-state index contributed by atoms with van der Waals surface area (Å²) in [6.45, 7) is 0. The number of H-pyrrole nitrogens is 1. The third-order valence-electron chi connectivity index (χ3n) is 2.88. The quantitative estimate of drug-likeness (QED) is 0.746. The Balaban J connectivity index is 2.34. The average molecular weight is 319 g/mol. The van der Waals surface area contributed by atoms with Gasteiger partial charge in [-0.1, -0.05) is 24.3 Å². The Kier molecular flexibility index (Phi) is 2.91. The maximum Gasteiger partial charge on any atom is 0.265 e. The van der Waals surface area contributed by atoms with Crippen LogP contribution in [0, 0.1) is 5.82 Å². The lowest BCUT2D eigenvalue weighted by Gasteiger charge is -2.06. The van der Waals surface area contributed by atoms with E-state index in [1.807, 2.05) is 6.07 Å². The molecular formula is C14H8BrFN2O. The Labute approximate surface area is 116 Å². The first-order valence-corrected chi connectivity index (χ1v) is 6.38. The molecule has 0 saturated heterocycles. The normalized spacial score (nSPS) is 10.8. The Bertz CT molecular complexity index is 829. The minimum atomic E-state index is -0.293. The number of fused-ring (bicyclic) bond motifs is 1.